The van der Waals surface area contributed by atoms with Gasteiger partial charge in [-0.25, -0.2) is 13.4 Å². The molecule has 0 unspecified atom stereocenters. The number of fused-ring (bicyclic) bond motifs is 1. The Hall–Kier alpha value is -1.36. The second-order valence-electron chi connectivity index (χ2n) is 5.04. The van der Waals surface area contributed by atoms with Crippen LogP contribution in [0.15, 0.2) is 23.1 Å². The molecule has 1 heterocycles. The van der Waals surface area contributed by atoms with Crippen molar-refractivity contribution < 1.29 is 8.42 Å². The van der Waals surface area contributed by atoms with Gasteiger partial charge in [0.1, 0.15) is 11.3 Å². The molecule has 2 aromatic rings. The van der Waals surface area contributed by atoms with Gasteiger partial charge in [-0.1, -0.05) is 19.9 Å². The maximum absolute atomic E-state index is 11.7. The van der Waals surface area contributed by atoms with E-state index < -0.39 is 9.84 Å². The van der Waals surface area contributed by atoms with E-state index >= 15 is 0 Å². The zero-order valence-electron chi connectivity index (χ0n) is 10.9. The first kappa shape index (κ1) is 13.1. The number of para-hydroxylation sites is 1. The normalized spacial score (nSPS) is 12.4. The third-order valence-electron chi connectivity index (χ3n) is 2.88. The number of benzene rings is 1. The third-order valence-corrected chi connectivity index (χ3v) is 4.01. The van der Waals surface area contributed by atoms with Crippen molar-refractivity contribution >= 4 is 20.9 Å². The van der Waals surface area contributed by atoms with Gasteiger partial charge in [0.15, 0.2) is 9.84 Å². The number of imidazole rings is 1. The maximum atomic E-state index is 11.7. The van der Waals surface area contributed by atoms with Crippen LogP contribution < -0.4 is 0 Å². The highest BCUT2D eigenvalue weighted by atomic mass is 32.2. The number of sulfone groups is 1. The standard InChI is InChI=1S/C13H18N2O2S/c1-9(2)7-8-12-14-10-5-4-6-11(13(10)15-12)18(3,16)17/h4-6,9H,7-8H2,1-3H3,(H,14,15). The van der Waals surface area contributed by atoms with E-state index in [0.29, 0.717) is 16.3 Å². The van der Waals surface area contributed by atoms with Gasteiger partial charge in [0.25, 0.3) is 0 Å². The predicted molar refractivity (Wildman–Crippen MR) is 72.4 cm³/mol. The van der Waals surface area contributed by atoms with E-state index in [4.69, 9.17) is 0 Å². The predicted octanol–water partition coefficient (Wildman–Crippen LogP) is 2.56. The molecule has 1 aromatic heterocycles. The molecule has 0 saturated carbocycles. The number of aryl methyl sites for hydroxylation is 1. The number of aromatic amines is 1. The van der Waals surface area contributed by atoms with Crippen molar-refractivity contribution in [3.8, 4) is 0 Å². The maximum Gasteiger partial charge on any atom is 0.177 e. The summed E-state index contributed by atoms with van der Waals surface area (Å²) in [6.07, 6.45) is 3.09. The van der Waals surface area contributed by atoms with Crippen molar-refractivity contribution in [2.75, 3.05) is 6.26 Å². The number of rotatable bonds is 4. The molecule has 4 nitrogen and oxygen atoms in total. The summed E-state index contributed by atoms with van der Waals surface area (Å²) in [6, 6.07) is 5.20. The van der Waals surface area contributed by atoms with Crippen molar-refractivity contribution in [2.24, 2.45) is 5.92 Å². The third kappa shape index (κ3) is 2.72. The molecule has 18 heavy (non-hydrogen) atoms. The molecule has 5 heteroatoms. The summed E-state index contributed by atoms with van der Waals surface area (Å²) in [7, 11) is -3.23. The minimum atomic E-state index is -3.23. The molecule has 1 N–H and O–H groups in total. The highest BCUT2D eigenvalue weighted by Crippen LogP contribution is 2.21. The van der Waals surface area contributed by atoms with Crippen LogP contribution in [-0.4, -0.2) is 24.6 Å². The smallest absolute Gasteiger partial charge is 0.177 e. The summed E-state index contributed by atoms with van der Waals surface area (Å²) in [4.78, 5) is 7.90. The average molecular weight is 266 g/mol. The van der Waals surface area contributed by atoms with Crippen molar-refractivity contribution in [2.45, 2.75) is 31.6 Å². The Bertz CT molecular complexity index is 657. The van der Waals surface area contributed by atoms with Gasteiger partial charge in [0.2, 0.25) is 0 Å². The monoisotopic (exact) mass is 266 g/mol. The molecule has 0 aliphatic rings. The largest absolute Gasteiger partial charge is 0.342 e. The Morgan fingerprint density at radius 1 is 1.33 bits per heavy atom. The van der Waals surface area contributed by atoms with E-state index in [1.807, 2.05) is 6.07 Å². The number of nitrogens with one attached hydrogen (secondary N) is 1. The van der Waals surface area contributed by atoms with Crippen molar-refractivity contribution in [1.82, 2.24) is 9.97 Å². The zero-order chi connectivity index (χ0) is 13.3. The molecule has 0 aliphatic carbocycles. The van der Waals surface area contributed by atoms with Gasteiger partial charge < -0.3 is 4.98 Å². The Morgan fingerprint density at radius 2 is 2.06 bits per heavy atom. The molecule has 0 amide bonds. The van der Waals surface area contributed by atoms with E-state index in [0.717, 1.165) is 24.2 Å². The molecule has 2 rings (SSSR count). The number of hydrogen-bond donors (Lipinski definition) is 1. The van der Waals surface area contributed by atoms with Crippen LogP contribution in [0.1, 0.15) is 26.1 Å². The van der Waals surface area contributed by atoms with Crippen LogP contribution >= 0.6 is 0 Å². The molecular formula is C13H18N2O2S. The van der Waals surface area contributed by atoms with Crippen LogP contribution in [-0.2, 0) is 16.3 Å². The van der Waals surface area contributed by atoms with Gasteiger partial charge in [-0.05, 0) is 24.5 Å². The molecule has 0 fully saturated rings. The summed E-state index contributed by atoms with van der Waals surface area (Å²) >= 11 is 0. The van der Waals surface area contributed by atoms with Crippen molar-refractivity contribution in [1.29, 1.82) is 0 Å². The molecule has 0 spiro atoms. The van der Waals surface area contributed by atoms with Gasteiger partial charge >= 0.3 is 0 Å². The minimum absolute atomic E-state index is 0.298. The Kier molecular flexibility index (Phi) is 3.43. The zero-order valence-corrected chi connectivity index (χ0v) is 11.7. The molecule has 0 aliphatic heterocycles. The lowest BCUT2D eigenvalue weighted by molar-refractivity contribution is 0.577. The van der Waals surface area contributed by atoms with Crippen molar-refractivity contribution in [3.63, 3.8) is 0 Å². The first-order valence-electron chi connectivity index (χ1n) is 6.05. The Balaban J connectivity index is 2.45. The second-order valence-corrected chi connectivity index (χ2v) is 7.02. The van der Waals surface area contributed by atoms with Crippen molar-refractivity contribution in [3.05, 3.63) is 24.0 Å². The van der Waals surface area contributed by atoms with Crippen LogP contribution in [0.25, 0.3) is 11.0 Å². The molecule has 1 aromatic carbocycles. The quantitative estimate of drug-likeness (QED) is 0.925. The van der Waals surface area contributed by atoms with Gasteiger partial charge in [-0.15, -0.1) is 0 Å². The average Bonchev–Trinajstić information content (AvgIpc) is 2.66. The highest BCUT2D eigenvalue weighted by molar-refractivity contribution is 7.91. The number of H-pyrrole nitrogens is 1. The fraction of sp³-hybridized carbons (Fsp3) is 0.462. The summed E-state index contributed by atoms with van der Waals surface area (Å²) in [5, 5.41) is 0. The molecule has 0 radical (unpaired) electrons. The van der Waals surface area contributed by atoms with Gasteiger partial charge in [0.05, 0.1) is 10.4 Å². The van der Waals surface area contributed by atoms with Crippen LogP contribution in [0.4, 0.5) is 0 Å². The van der Waals surface area contributed by atoms with Gasteiger partial charge in [-0.2, -0.15) is 0 Å². The molecule has 0 saturated heterocycles. The van der Waals surface area contributed by atoms with Crippen LogP contribution in [0.2, 0.25) is 0 Å². The highest BCUT2D eigenvalue weighted by Gasteiger charge is 2.14. The van der Waals surface area contributed by atoms with E-state index in [-0.39, 0.29) is 0 Å². The first-order chi connectivity index (χ1) is 8.38. The van der Waals surface area contributed by atoms with Crippen LogP contribution in [0.3, 0.4) is 0 Å². The first-order valence-corrected chi connectivity index (χ1v) is 7.94. The summed E-state index contributed by atoms with van der Waals surface area (Å²) in [5.41, 5.74) is 1.34. The number of aromatic nitrogens is 2. The fourth-order valence-corrected chi connectivity index (χ4v) is 2.73. The van der Waals surface area contributed by atoms with E-state index in [2.05, 4.69) is 23.8 Å². The molecule has 0 bridgehead atoms. The van der Waals surface area contributed by atoms with E-state index in [1.54, 1.807) is 12.1 Å². The molecule has 0 atom stereocenters. The lowest BCUT2D eigenvalue weighted by atomic mass is 10.1. The van der Waals surface area contributed by atoms with Gasteiger partial charge in [0, 0.05) is 12.7 Å². The van der Waals surface area contributed by atoms with Crippen LogP contribution in [0.5, 0.6) is 0 Å². The topological polar surface area (TPSA) is 62.8 Å². The summed E-state index contributed by atoms with van der Waals surface area (Å²) in [5.74, 6) is 1.46. The summed E-state index contributed by atoms with van der Waals surface area (Å²) in [6.45, 7) is 4.31. The summed E-state index contributed by atoms with van der Waals surface area (Å²) < 4.78 is 23.3. The SMILES string of the molecule is CC(C)CCc1nc2c(S(C)(=O)=O)cccc2[nH]1. The fourth-order valence-electron chi connectivity index (χ4n) is 1.90. The lowest BCUT2D eigenvalue weighted by Crippen LogP contribution is -1.98. The van der Waals surface area contributed by atoms with Gasteiger partial charge in [-0.3, -0.25) is 0 Å². The Morgan fingerprint density at radius 3 is 2.67 bits per heavy atom. The minimum Gasteiger partial charge on any atom is -0.342 e. The molecular weight excluding hydrogens is 248 g/mol. The second kappa shape index (κ2) is 4.72. The number of nitrogens with zero attached hydrogens (tertiary/aromatic N) is 1. The van der Waals surface area contributed by atoms with Crippen LogP contribution in [0, 0.1) is 5.92 Å². The molecule has 98 valence electrons. The van der Waals surface area contributed by atoms with E-state index in [1.165, 1.54) is 6.26 Å². The lowest BCUT2D eigenvalue weighted by Gasteiger charge is -2.00. The number of hydrogen-bond acceptors (Lipinski definition) is 3. The Labute approximate surface area is 107 Å². The van der Waals surface area contributed by atoms with E-state index in [9.17, 15) is 8.42 Å².